The van der Waals surface area contributed by atoms with Crippen LogP contribution in [0.15, 0.2) is 48.5 Å². The van der Waals surface area contributed by atoms with Gasteiger partial charge >= 0.3 is 0 Å². The highest BCUT2D eigenvalue weighted by Gasteiger charge is 2.26. The van der Waals surface area contributed by atoms with Crippen LogP contribution in [0.3, 0.4) is 0 Å². The Bertz CT molecular complexity index is 819. The number of ether oxygens (including phenoxy) is 3. The molecule has 0 fully saturated rings. The number of methoxy groups -OCH3 is 2. The summed E-state index contributed by atoms with van der Waals surface area (Å²) in [6, 6.07) is 14.3. The second kappa shape index (κ2) is 12.5. The molecule has 0 aliphatic rings. The summed E-state index contributed by atoms with van der Waals surface area (Å²) in [5, 5.41) is 2.86. The van der Waals surface area contributed by atoms with Gasteiger partial charge in [-0.3, -0.25) is 9.59 Å². The first-order chi connectivity index (χ1) is 15.0. The molecule has 168 valence electrons. The summed E-state index contributed by atoms with van der Waals surface area (Å²) < 4.78 is 16.2. The first-order valence-electron chi connectivity index (χ1n) is 10.5. The van der Waals surface area contributed by atoms with E-state index in [-0.39, 0.29) is 18.4 Å². The van der Waals surface area contributed by atoms with Crippen LogP contribution in [0.5, 0.6) is 17.2 Å². The van der Waals surface area contributed by atoms with Crippen molar-refractivity contribution in [2.45, 2.75) is 32.7 Å². The Balaban J connectivity index is 2.10. The average Bonchev–Trinajstić information content (AvgIpc) is 2.81. The van der Waals surface area contributed by atoms with Crippen molar-refractivity contribution < 1.29 is 23.8 Å². The fourth-order valence-corrected chi connectivity index (χ4v) is 3.06. The molecule has 2 aromatic carbocycles. The van der Waals surface area contributed by atoms with Crippen molar-refractivity contribution in [3.8, 4) is 17.2 Å². The van der Waals surface area contributed by atoms with E-state index in [1.807, 2.05) is 37.3 Å². The molecule has 0 radical (unpaired) electrons. The van der Waals surface area contributed by atoms with Gasteiger partial charge < -0.3 is 24.4 Å². The zero-order valence-corrected chi connectivity index (χ0v) is 18.7. The van der Waals surface area contributed by atoms with Crippen LogP contribution in [0, 0.1) is 0 Å². The summed E-state index contributed by atoms with van der Waals surface area (Å²) in [5.41, 5.74) is 1.10. The van der Waals surface area contributed by atoms with E-state index in [1.165, 1.54) is 0 Å². The third-order valence-corrected chi connectivity index (χ3v) is 4.89. The van der Waals surface area contributed by atoms with E-state index in [4.69, 9.17) is 14.2 Å². The standard InChI is InChI=1S/C24H32N2O5/c1-5-12-25-24(28)18(2)26(13-11-19-9-7-6-8-10-19)23(27)17-31-22-15-20(29-3)14-21(16-22)30-4/h6-10,14-16,18H,5,11-13,17H2,1-4H3,(H,25,28). The van der Waals surface area contributed by atoms with Crippen molar-refractivity contribution in [1.29, 1.82) is 0 Å². The number of amides is 2. The lowest BCUT2D eigenvalue weighted by Gasteiger charge is -2.28. The van der Waals surface area contributed by atoms with Gasteiger partial charge in [-0.2, -0.15) is 0 Å². The molecule has 0 bridgehead atoms. The van der Waals surface area contributed by atoms with E-state index in [2.05, 4.69) is 5.32 Å². The molecule has 1 unspecified atom stereocenters. The molecule has 0 saturated heterocycles. The number of benzene rings is 2. The van der Waals surface area contributed by atoms with Gasteiger partial charge in [-0.25, -0.2) is 0 Å². The summed E-state index contributed by atoms with van der Waals surface area (Å²) in [7, 11) is 3.09. The Labute approximate surface area is 184 Å². The minimum absolute atomic E-state index is 0.175. The zero-order valence-electron chi connectivity index (χ0n) is 18.7. The topological polar surface area (TPSA) is 77.1 Å². The molecule has 7 heteroatoms. The van der Waals surface area contributed by atoms with E-state index in [0.717, 1.165) is 12.0 Å². The predicted octanol–water partition coefficient (Wildman–Crippen LogP) is 3.07. The van der Waals surface area contributed by atoms with Crippen molar-refractivity contribution >= 4 is 11.8 Å². The lowest BCUT2D eigenvalue weighted by atomic mass is 10.1. The fraction of sp³-hybridized carbons (Fsp3) is 0.417. The van der Waals surface area contributed by atoms with E-state index in [9.17, 15) is 9.59 Å². The van der Waals surface area contributed by atoms with E-state index in [1.54, 1.807) is 44.2 Å². The summed E-state index contributed by atoms with van der Waals surface area (Å²) in [6.07, 6.45) is 1.47. The molecule has 0 spiro atoms. The van der Waals surface area contributed by atoms with Crippen LogP contribution in [-0.4, -0.2) is 56.7 Å². The molecular weight excluding hydrogens is 396 g/mol. The van der Waals surface area contributed by atoms with Gasteiger partial charge in [0.15, 0.2) is 6.61 Å². The Morgan fingerprint density at radius 2 is 1.61 bits per heavy atom. The predicted molar refractivity (Wildman–Crippen MR) is 120 cm³/mol. The van der Waals surface area contributed by atoms with Crippen LogP contribution >= 0.6 is 0 Å². The van der Waals surface area contributed by atoms with Crippen LogP contribution in [0.1, 0.15) is 25.8 Å². The molecule has 2 amide bonds. The highest BCUT2D eigenvalue weighted by atomic mass is 16.5. The number of hydrogen-bond donors (Lipinski definition) is 1. The van der Waals surface area contributed by atoms with Gasteiger partial charge in [0.05, 0.1) is 14.2 Å². The average molecular weight is 429 g/mol. The molecule has 1 N–H and O–H groups in total. The Hall–Kier alpha value is -3.22. The molecular formula is C24H32N2O5. The van der Waals surface area contributed by atoms with Crippen LogP contribution in [0.2, 0.25) is 0 Å². The normalized spacial score (nSPS) is 11.4. The molecule has 1 atom stereocenters. The molecule has 0 saturated carbocycles. The largest absolute Gasteiger partial charge is 0.496 e. The third-order valence-electron chi connectivity index (χ3n) is 4.89. The molecule has 0 aromatic heterocycles. The maximum absolute atomic E-state index is 13.0. The highest BCUT2D eigenvalue weighted by molar-refractivity contribution is 5.88. The number of nitrogens with one attached hydrogen (secondary N) is 1. The van der Waals surface area contributed by atoms with Gasteiger partial charge in [0.1, 0.15) is 23.3 Å². The van der Waals surface area contributed by atoms with E-state index in [0.29, 0.717) is 36.8 Å². The molecule has 0 aliphatic carbocycles. The van der Waals surface area contributed by atoms with Crippen LogP contribution < -0.4 is 19.5 Å². The fourth-order valence-electron chi connectivity index (χ4n) is 3.06. The van der Waals surface area contributed by atoms with Crippen LogP contribution in [0.4, 0.5) is 0 Å². The molecule has 2 aromatic rings. The summed E-state index contributed by atoms with van der Waals surface area (Å²) in [5.74, 6) is 1.14. The number of carbonyl (C=O) groups excluding carboxylic acids is 2. The Morgan fingerprint density at radius 3 is 2.19 bits per heavy atom. The summed E-state index contributed by atoms with van der Waals surface area (Å²) in [6.45, 7) is 4.51. The number of nitrogens with zero attached hydrogens (tertiary/aromatic N) is 1. The first-order valence-corrected chi connectivity index (χ1v) is 10.5. The summed E-state index contributed by atoms with van der Waals surface area (Å²) >= 11 is 0. The van der Waals surface area contributed by atoms with Crippen molar-refractivity contribution in [3.63, 3.8) is 0 Å². The van der Waals surface area contributed by atoms with Gasteiger partial charge in [-0.05, 0) is 25.3 Å². The Morgan fingerprint density at radius 1 is 1.00 bits per heavy atom. The summed E-state index contributed by atoms with van der Waals surface area (Å²) in [4.78, 5) is 27.1. The number of carbonyl (C=O) groups is 2. The van der Waals surface area contributed by atoms with Crippen molar-refractivity contribution in [2.75, 3.05) is 33.9 Å². The zero-order chi connectivity index (χ0) is 22.6. The lowest BCUT2D eigenvalue weighted by molar-refractivity contribution is -0.141. The maximum Gasteiger partial charge on any atom is 0.261 e. The van der Waals surface area contributed by atoms with Gasteiger partial charge in [0.2, 0.25) is 5.91 Å². The van der Waals surface area contributed by atoms with Gasteiger partial charge in [0.25, 0.3) is 5.91 Å². The van der Waals surface area contributed by atoms with Crippen LogP contribution in [-0.2, 0) is 16.0 Å². The molecule has 0 aliphatic heterocycles. The van der Waals surface area contributed by atoms with Crippen molar-refractivity contribution in [1.82, 2.24) is 10.2 Å². The SMILES string of the molecule is CCCNC(=O)C(C)N(CCc1ccccc1)C(=O)COc1cc(OC)cc(OC)c1. The quantitative estimate of drug-likeness (QED) is 0.562. The van der Waals surface area contributed by atoms with Gasteiger partial charge in [-0.15, -0.1) is 0 Å². The number of hydrogen-bond acceptors (Lipinski definition) is 5. The van der Waals surface area contributed by atoms with E-state index < -0.39 is 6.04 Å². The minimum Gasteiger partial charge on any atom is -0.496 e. The lowest BCUT2D eigenvalue weighted by Crippen LogP contribution is -2.50. The Kier molecular flexibility index (Phi) is 9.68. The molecule has 7 nitrogen and oxygen atoms in total. The van der Waals surface area contributed by atoms with Crippen molar-refractivity contribution in [2.24, 2.45) is 0 Å². The number of rotatable bonds is 12. The molecule has 31 heavy (non-hydrogen) atoms. The smallest absolute Gasteiger partial charge is 0.261 e. The van der Waals surface area contributed by atoms with E-state index >= 15 is 0 Å². The van der Waals surface area contributed by atoms with Gasteiger partial charge in [-0.1, -0.05) is 37.3 Å². The molecule has 0 heterocycles. The van der Waals surface area contributed by atoms with Gasteiger partial charge in [0, 0.05) is 31.3 Å². The highest BCUT2D eigenvalue weighted by Crippen LogP contribution is 2.27. The molecule has 2 rings (SSSR count). The monoisotopic (exact) mass is 428 g/mol. The second-order valence-corrected chi connectivity index (χ2v) is 7.13. The minimum atomic E-state index is -0.605. The van der Waals surface area contributed by atoms with Crippen LogP contribution in [0.25, 0.3) is 0 Å². The van der Waals surface area contributed by atoms with Crippen molar-refractivity contribution in [3.05, 3.63) is 54.1 Å². The second-order valence-electron chi connectivity index (χ2n) is 7.13. The first kappa shape index (κ1) is 24.1. The maximum atomic E-state index is 13.0. The third kappa shape index (κ3) is 7.51.